The van der Waals surface area contributed by atoms with Crippen LogP contribution in [-0.4, -0.2) is 9.49 Å². The van der Waals surface area contributed by atoms with Crippen molar-refractivity contribution >= 4 is 28.2 Å². The lowest BCUT2D eigenvalue weighted by Crippen LogP contribution is -2.27. The van der Waals surface area contributed by atoms with Crippen molar-refractivity contribution in [2.45, 2.75) is 25.8 Å². The maximum atomic E-state index is 12.1. The van der Waals surface area contributed by atoms with Gasteiger partial charge in [0.25, 0.3) is 11.2 Å². The number of benzene rings is 1. The van der Waals surface area contributed by atoms with Crippen LogP contribution in [0.2, 0.25) is 5.02 Å². The Balaban J connectivity index is 2.18. The number of non-ortho nitro benzene ring substituents is 1. The third kappa shape index (κ3) is 2.18. The summed E-state index contributed by atoms with van der Waals surface area (Å²) >= 11 is 6.06. The van der Waals surface area contributed by atoms with E-state index in [1.165, 1.54) is 24.6 Å². The second-order valence-corrected chi connectivity index (χ2v) is 5.60. The van der Waals surface area contributed by atoms with Crippen LogP contribution in [0, 0.1) is 16.0 Å². The van der Waals surface area contributed by atoms with Gasteiger partial charge < -0.3 is 4.57 Å². The standard InChI is InChI=1S/C14H13ClN2O3/c15-12-7-14(18)16(8-9-2-1-3-9)13-5-4-10(17(19)20)6-11(12)13/h4-7,9H,1-3,8H2. The van der Waals surface area contributed by atoms with E-state index in [4.69, 9.17) is 11.6 Å². The molecule has 0 atom stereocenters. The first-order valence-corrected chi connectivity index (χ1v) is 6.91. The third-order valence-electron chi connectivity index (χ3n) is 3.92. The van der Waals surface area contributed by atoms with Gasteiger partial charge in [0.1, 0.15) is 0 Å². The van der Waals surface area contributed by atoms with E-state index < -0.39 is 4.92 Å². The molecule has 1 heterocycles. The molecule has 5 nitrogen and oxygen atoms in total. The van der Waals surface area contributed by atoms with E-state index in [1.54, 1.807) is 10.6 Å². The Labute approximate surface area is 119 Å². The lowest BCUT2D eigenvalue weighted by molar-refractivity contribution is -0.384. The smallest absolute Gasteiger partial charge is 0.270 e. The van der Waals surface area contributed by atoms with Crippen LogP contribution in [-0.2, 0) is 6.54 Å². The maximum absolute atomic E-state index is 12.1. The molecular weight excluding hydrogens is 280 g/mol. The van der Waals surface area contributed by atoms with Gasteiger partial charge in [-0.05, 0) is 24.8 Å². The lowest BCUT2D eigenvalue weighted by Gasteiger charge is -2.26. The molecule has 0 saturated heterocycles. The van der Waals surface area contributed by atoms with Crippen molar-refractivity contribution in [1.29, 1.82) is 0 Å². The number of halogens is 1. The number of nitrogens with zero attached hydrogens (tertiary/aromatic N) is 2. The highest BCUT2D eigenvalue weighted by Gasteiger charge is 2.20. The SMILES string of the molecule is O=c1cc(Cl)c2cc([N+](=O)[O-])ccc2n1CC1CCC1. The van der Waals surface area contributed by atoms with Crippen molar-refractivity contribution in [1.82, 2.24) is 4.57 Å². The van der Waals surface area contributed by atoms with Crippen LogP contribution in [0.1, 0.15) is 19.3 Å². The van der Waals surface area contributed by atoms with Crippen LogP contribution >= 0.6 is 11.6 Å². The first kappa shape index (κ1) is 13.1. The summed E-state index contributed by atoms with van der Waals surface area (Å²) in [5.74, 6) is 0.521. The van der Waals surface area contributed by atoms with E-state index in [0.29, 0.717) is 23.4 Å². The van der Waals surface area contributed by atoms with E-state index in [2.05, 4.69) is 0 Å². The number of rotatable bonds is 3. The van der Waals surface area contributed by atoms with Gasteiger partial charge in [0.05, 0.1) is 15.5 Å². The zero-order valence-electron chi connectivity index (χ0n) is 10.7. The number of fused-ring (bicyclic) bond motifs is 1. The van der Waals surface area contributed by atoms with Crippen molar-refractivity contribution in [2.24, 2.45) is 5.92 Å². The molecule has 0 radical (unpaired) electrons. The molecule has 2 aromatic rings. The van der Waals surface area contributed by atoms with Crippen molar-refractivity contribution in [2.75, 3.05) is 0 Å². The Morgan fingerprint density at radius 1 is 1.35 bits per heavy atom. The molecule has 0 bridgehead atoms. The highest BCUT2D eigenvalue weighted by molar-refractivity contribution is 6.35. The van der Waals surface area contributed by atoms with E-state index in [1.807, 2.05) is 0 Å². The van der Waals surface area contributed by atoms with Crippen LogP contribution in [0.15, 0.2) is 29.1 Å². The normalized spacial score (nSPS) is 15.2. The molecule has 1 saturated carbocycles. The Morgan fingerprint density at radius 2 is 2.10 bits per heavy atom. The van der Waals surface area contributed by atoms with Gasteiger partial charge in [-0.15, -0.1) is 0 Å². The van der Waals surface area contributed by atoms with Crippen molar-refractivity contribution in [3.8, 4) is 0 Å². The second kappa shape index (κ2) is 4.90. The van der Waals surface area contributed by atoms with Crippen molar-refractivity contribution in [3.63, 3.8) is 0 Å². The fourth-order valence-corrected chi connectivity index (χ4v) is 2.81. The second-order valence-electron chi connectivity index (χ2n) is 5.20. The summed E-state index contributed by atoms with van der Waals surface area (Å²) in [5, 5.41) is 11.7. The molecule has 0 amide bonds. The Hall–Kier alpha value is -1.88. The summed E-state index contributed by atoms with van der Waals surface area (Å²) in [6.07, 6.45) is 3.46. The molecular formula is C14H13ClN2O3. The lowest BCUT2D eigenvalue weighted by atomic mass is 9.85. The third-order valence-corrected chi connectivity index (χ3v) is 4.23. The van der Waals surface area contributed by atoms with Gasteiger partial charge >= 0.3 is 0 Å². The molecule has 0 aliphatic heterocycles. The minimum absolute atomic E-state index is 0.0201. The molecule has 1 fully saturated rings. The van der Waals surface area contributed by atoms with E-state index >= 15 is 0 Å². The zero-order valence-corrected chi connectivity index (χ0v) is 11.5. The van der Waals surface area contributed by atoms with Gasteiger partial charge in [-0.2, -0.15) is 0 Å². The monoisotopic (exact) mass is 292 g/mol. The summed E-state index contributed by atoms with van der Waals surface area (Å²) in [5.41, 5.74) is 0.497. The quantitative estimate of drug-likeness (QED) is 0.643. The van der Waals surface area contributed by atoms with E-state index in [-0.39, 0.29) is 16.3 Å². The molecule has 20 heavy (non-hydrogen) atoms. The van der Waals surface area contributed by atoms with Crippen LogP contribution < -0.4 is 5.56 Å². The van der Waals surface area contributed by atoms with Crippen LogP contribution in [0.3, 0.4) is 0 Å². The number of hydrogen-bond donors (Lipinski definition) is 0. The summed E-state index contributed by atoms with van der Waals surface area (Å²) in [6.45, 7) is 0.657. The topological polar surface area (TPSA) is 65.1 Å². The molecule has 3 rings (SSSR count). The minimum atomic E-state index is -0.461. The largest absolute Gasteiger partial charge is 0.308 e. The van der Waals surface area contributed by atoms with Gasteiger partial charge in [0.15, 0.2) is 0 Å². The average molecular weight is 293 g/mol. The van der Waals surface area contributed by atoms with Crippen molar-refractivity contribution in [3.05, 3.63) is 49.8 Å². The van der Waals surface area contributed by atoms with Gasteiger partial charge in [0, 0.05) is 30.1 Å². The highest BCUT2D eigenvalue weighted by Crippen LogP contribution is 2.30. The Kier molecular flexibility index (Phi) is 3.22. The van der Waals surface area contributed by atoms with Crippen LogP contribution in [0.25, 0.3) is 10.9 Å². The molecule has 0 spiro atoms. The predicted molar refractivity (Wildman–Crippen MR) is 77.2 cm³/mol. The highest BCUT2D eigenvalue weighted by atomic mass is 35.5. The van der Waals surface area contributed by atoms with Gasteiger partial charge in [-0.1, -0.05) is 18.0 Å². The number of aromatic nitrogens is 1. The van der Waals surface area contributed by atoms with Crippen LogP contribution in [0.4, 0.5) is 5.69 Å². The summed E-state index contributed by atoms with van der Waals surface area (Å²) in [6, 6.07) is 5.79. The Bertz CT molecular complexity index is 750. The molecule has 1 aliphatic carbocycles. The molecule has 0 unspecified atom stereocenters. The average Bonchev–Trinajstić information content (AvgIpc) is 2.35. The molecule has 6 heteroatoms. The fourth-order valence-electron chi connectivity index (χ4n) is 2.57. The first-order chi connectivity index (χ1) is 9.56. The predicted octanol–water partition coefficient (Wildman–Crippen LogP) is 3.36. The molecule has 1 aliphatic rings. The molecule has 1 aromatic heterocycles. The number of nitro benzene ring substituents is 1. The van der Waals surface area contributed by atoms with Gasteiger partial charge in [0.2, 0.25) is 0 Å². The maximum Gasteiger partial charge on any atom is 0.270 e. The summed E-state index contributed by atoms with van der Waals surface area (Å²) in [4.78, 5) is 22.5. The summed E-state index contributed by atoms with van der Waals surface area (Å²) in [7, 11) is 0. The summed E-state index contributed by atoms with van der Waals surface area (Å²) < 4.78 is 1.68. The zero-order chi connectivity index (χ0) is 14.3. The minimum Gasteiger partial charge on any atom is -0.308 e. The number of pyridine rings is 1. The van der Waals surface area contributed by atoms with E-state index in [0.717, 1.165) is 12.8 Å². The molecule has 0 N–H and O–H groups in total. The number of nitro groups is 1. The first-order valence-electron chi connectivity index (χ1n) is 6.54. The van der Waals surface area contributed by atoms with Crippen molar-refractivity contribution < 1.29 is 4.92 Å². The molecule has 104 valence electrons. The van der Waals surface area contributed by atoms with Crippen LogP contribution in [0.5, 0.6) is 0 Å². The Morgan fingerprint density at radius 3 is 2.70 bits per heavy atom. The fraction of sp³-hybridized carbons (Fsp3) is 0.357. The number of hydrogen-bond acceptors (Lipinski definition) is 3. The van der Waals surface area contributed by atoms with Gasteiger partial charge in [-0.3, -0.25) is 14.9 Å². The van der Waals surface area contributed by atoms with E-state index in [9.17, 15) is 14.9 Å². The van der Waals surface area contributed by atoms with Gasteiger partial charge in [-0.25, -0.2) is 0 Å². The molecule has 1 aromatic carbocycles.